The van der Waals surface area contributed by atoms with Gasteiger partial charge in [-0.1, -0.05) is 35.0 Å². The molecule has 1 atom stereocenters. The molecule has 0 spiro atoms. The average molecular weight is 528 g/mol. The topological polar surface area (TPSA) is 86.8 Å². The third-order valence-corrected chi connectivity index (χ3v) is 6.47. The lowest BCUT2D eigenvalue weighted by molar-refractivity contribution is -0.140. The summed E-state index contributed by atoms with van der Waals surface area (Å²) in [7, 11) is -3.78. The lowest BCUT2D eigenvalue weighted by Gasteiger charge is -2.32. The number of anilines is 1. The summed E-state index contributed by atoms with van der Waals surface area (Å²) in [6.45, 7) is 3.50. The quantitative estimate of drug-likeness (QED) is 0.513. The average Bonchev–Trinajstić information content (AvgIpc) is 2.73. The van der Waals surface area contributed by atoms with E-state index < -0.39 is 34.3 Å². The van der Waals surface area contributed by atoms with Crippen molar-refractivity contribution < 1.29 is 22.4 Å². The molecule has 0 saturated carbocycles. The van der Waals surface area contributed by atoms with E-state index in [1.54, 1.807) is 38.1 Å². The maximum atomic E-state index is 13.4. The summed E-state index contributed by atoms with van der Waals surface area (Å²) in [6.07, 6.45) is 1.35. The van der Waals surface area contributed by atoms with Gasteiger partial charge in [0.25, 0.3) is 0 Å². The fourth-order valence-corrected chi connectivity index (χ4v) is 4.33. The zero-order valence-corrected chi connectivity index (χ0v) is 20.6. The normalized spacial score (nSPS) is 12.2. The molecule has 174 valence electrons. The third kappa shape index (κ3) is 7.03. The van der Waals surface area contributed by atoms with Crippen LogP contribution >= 0.6 is 15.9 Å². The first-order valence-electron chi connectivity index (χ1n) is 10.1. The van der Waals surface area contributed by atoms with Crippen molar-refractivity contribution in [2.24, 2.45) is 0 Å². The molecule has 2 amide bonds. The summed E-state index contributed by atoms with van der Waals surface area (Å²) in [4.78, 5) is 27.4. The molecule has 0 unspecified atom stereocenters. The van der Waals surface area contributed by atoms with Crippen molar-refractivity contribution in [1.82, 2.24) is 10.2 Å². The Kier molecular flexibility index (Phi) is 9.21. The van der Waals surface area contributed by atoms with Crippen LogP contribution in [-0.4, -0.2) is 50.5 Å². The summed E-state index contributed by atoms with van der Waals surface area (Å²) in [5, 5.41) is 2.72. The number of nitrogens with zero attached hydrogens (tertiary/aromatic N) is 2. The number of hydrogen-bond acceptors (Lipinski definition) is 4. The van der Waals surface area contributed by atoms with E-state index in [0.29, 0.717) is 24.2 Å². The lowest BCUT2D eigenvalue weighted by Crippen LogP contribution is -2.52. The number of nitrogens with one attached hydrogen (secondary N) is 1. The summed E-state index contributed by atoms with van der Waals surface area (Å²) < 4.78 is 40.0. The monoisotopic (exact) mass is 527 g/mol. The molecule has 2 aromatic rings. The number of amides is 2. The third-order valence-electron chi connectivity index (χ3n) is 4.80. The van der Waals surface area contributed by atoms with Gasteiger partial charge in [-0.15, -0.1) is 0 Å². The van der Waals surface area contributed by atoms with E-state index in [0.717, 1.165) is 15.0 Å². The molecule has 0 bridgehead atoms. The molecular weight excluding hydrogens is 501 g/mol. The second-order valence-corrected chi connectivity index (χ2v) is 10.0. The molecule has 0 aliphatic heterocycles. The van der Waals surface area contributed by atoms with Crippen LogP contribution in [0.2, 0.25) is 0 Å². The van der Waals surface area contributed by atoms with Gasteiger partial charge in [0.2, 0.25) is 21.8 Å². The standard InChI is InChI=1S/C22H27BrFN3O4S/c1-4-20(22(29)25-5-2)26(14-16-6-10-18(24)11-7-16)21(28)15-27(32(3,30)31)19-12-8-17(23)9-13-19/h6-13,20H,4-5,14-15H2,1-3H3,(H,25,29)/t20-/m1/s1. The van der Waals surface area contributed by atoms with Gasteiger partial charge in [0.05, 0.1) is 11.9 Å². The Morgan fingerprint density at radius 2 is 1.66 bits per heavy atom. The van der Waals surface area contributed by atoms with Gasteiger partial charge in [0.15, 0.2) is 0 Å². The van der Waals surface area contributed by atoms with Crippen LogP contribution in [0.4, 0.5) is 10.1 Å². The van der Waals surface area contributed by atoms with Gasteiger partial charge in [0, 0.05) is 17.6 Å². The molecule has 32 heavy (non-hydrogen) atoms. The maximum absolute atomic E-state index is 13.4. The van der Waals surface area contributed by atoms with Crippen molar-refractivity contribution in [2.75, 3.05) is 23.7 Å². The number of sulfonamides is 1. The van der Waals surface area contributed by atoms with Gasteiger partial charge in [0.1, 0.15) is 18.4 Å². The molecule has 0 radical (unpaired) electrons. The Hall–Kier alpha value is -2.46. The minimum Gasteiger partial charge on any atom is -0.355 e. The molecule has 1 N–H and O–H groups in total. The zero-order chi connectivity index (χ0) is 23.9. The Morgan fingerprint density at radius 1 is 1.06 bits per heavy atom. The summed E-state index contributed by atoms with van der Waals surface area (Å²) >= 11 is 3.31. The SMILES string of the molecule is CCNC(=O)[C@@H](CC)N(Cc1ccc(F)cc1)C(=O)CN(c1ccc(Br)cc1)S(C)(=O)=O. The van der Waals surface area contributed by atoms with Crippen molar-refractivity contribution in [3.05, 3.63) is 64.4 Å². The number of carbonyl (C=O) groups excluding carboxylic acids is 2. The molecule has 2 aromatic carbocycles. The smallest absolute Gasteiger partial charge is 0.244 e. The van der Waals surface area contributed by atoms with Crippen molar-refractivity contribution in [3.63, 3.8) is 0 Å². The molecule has 0 aromatic heterocycles. The van der Waals surface area contributed by atoms with Crippen molar-refractivity contribution in [3.8, 4) is 0 Å². The highest BCUT2D eigenvalue weighted by atomic mass is 79.9. The summed E-state index contributed by atoms with van der Waals surface area (Å²) in [5.74, 6) is -1.29. The number of halogens is 2. The van der Waals surface area contributed by atoms with Crippen LogP contribution in [0.15, 0.2) is 53.0 Å². The maximum Gasteiger partial charge on any atom is 0.244 e. The van der Waals surface area contributed by atoms with Gasteiger partial charge < -0.3 is 10.2 Å². The summed E-state index contributed by atoms with van der Waals surface area (Å²) in [6, 6.07) is 11.3. The van der Waals surface area contributed by atoms with Gasteiger partial charge in [-0.3, -0.25) is 13.9 Å². The Morgan fingerprint density at radius 3 is 2.16 bits per heavy atom. The van der Waals surface area contributed by atoms with Crippen LogP contribution in [0.25, 0.3) is 0 Å². The number of carbonyl (C=O) groups is 2. The second kappa shape index (κ2) is 11.4. The van der Waals surface area contributed by atoms with E-state index in [9.17, 15) is 22.4 Å². The Bertz CT molecular complexity index is 1030. The van der Waals surface area contributed by atoms with Gasteiger partial charge >= 0.3 is 0 Å². The fraction of sp³-hybridized carbons (Fsp3) is 0.364. The zero-order valence-electron chi connectivity index (χ0n) is 18.2. The number of benzene rings is 2. The number of hydrogen-bond donors (Lipinski definition) is 1. The highest BCUT2D eigenvalue weighted by Crippen LogP contribution is 2.22. The van der Waals surface area contributed by atoms with E-state index in [-0.39, 0.29) is 12.5 Å². The highest BCUT2D eigenvalue weighted by Gasteiger charge is 2.31. The van der Waals surface area contributed by atoms with Crippen LogP contribution in [-0.2, 0) is 26.2 Å². The Balaban J connectivity index is 2.40. The van der Waals surface area contributed by atoms with E-state index in [1.165, 1.54) is 29.2 Å². The minimum absolute atomic E-state index is 0.0344. The number of likely N-dealkylation sites (N-methyl/N-ethyl adjacent to an activating group) is 1. The van der Waals surface area contributed by atoms with Gasteiger partial charge in [-0.05, 0) is 55.3 Å². The van der Waals surface area contributed by atoms with E-state index >= 15 is 0 Å². The van der Waals surface area contributed by atoms with Crippen molar-refractivity contribution in [1.29, 1.82) is 0 Å². The molecule has 0 fully saturated rings. The van der Waals surface area contributed by atoms with Crippen LogP contribution in [0.3, 0.4) is 0 Å². The largest absolute Gasteiger partial charge is 0.355 e. The predicted octanol–water partition coefficient (Wildman–Crippen LogP) is 3.30. The predicted molar refractivity (Wildman–Crippen MR) is 126 cm³/mol. The molecule has 0 heterocycles. The molecule has 0 aliphatic carbocycles. The van der Waals surface area contributed by atoms with Crippen LogP contribution in [0.5, 0.6) is 0 Å². The van der Waals surface area contributed by atoms with Gasteiger partial charge in [-0.2, -0.15) is 0 Å². The molecule has 2 rings (SSSR count). The Labute approximate surface area is 196 Å². The van der Waals surface area contributed by atoms with Crippen molar-refractivity contribution >= 4 is 43.5 Å². The molecule has 0 aliphatic rings. The van der Waals surface area contributed by atoms with Crippen molar-refractivity contribution in [2.45, 2.75) is 32.9 Å². The fourth-order valence-electron chi connectivity index (χ4n) is 3.22. The van der Waals surface area contributed by atoms with E-state index in [4.69, 9.17) is 0 Å². The first-order chi connectivity index (χ1) is 15.1. The molecular formula is C22H27BrFN3O4S. The van der Waals surface area contributed by atoms with Crippen LogP contribution in [0, 0.1) is 5.82 Å². The van der Waals surface area contributed by atoms with Gasteiger partial charge in [-0.25, -0.2) is 12.8 Å². The minimum atomic E-state index is -3.78. The summed E-state index contributed by atoms with van der Waals surface area (Å²) in [5.41, 5.74) is 0.953. The first-order valence-corrected chi connectivity index (χ1v) is 12.8. The molecule has 7 nitrogen and oxygen atoms in total. The van der Waals surface area contributed by atoms with Crippen LogP contribution in [0.1, 0.15) is 25.8 Å². The van der Waals surface area contributed by atoms with E-state index in [2.05, 4.69) is 21.2 Å². The number of rotatable bonds is 10. The second-order valence-electron chi connectivity index (χ2n) is 7.21. The van der Waals surface area contributed by atoms with Crippen LogP contribution < -0.4 is 9.62 Å². The molecule has 10 heteroatoms. The molecule has 0 saturated heterocycles. The first kappa shape index (κ1) is 25.8. The highest BCUT2D eigenvalue weighted by molar-refractivity contribution is 9.10. The lowest BCUT2D eigenvalue weighted by atomic mass is 10.1. The van der Waals surface area contributed by atoms with E-state index in [1.807, 2.05) is 0 Å².